The van der Waals surface area contributed by atoms with E-state index in [2.05, 4.69) is 11.9 Å². The molecule has 0 spiro atoms. The first kappa shape index (κ1) is 13.2. The van der Waals surface area contributed by atoms with Crippen molar-refractivity contribution in [3.63, 3.8) is 0 Å². The highest BCUT2D eigenvalue weighted by molar-refractivity contribution is 5.87. The van der Waals surface area contributed by atoms with Crippen LogP contribution in [-0.2, 0) is 14.3 Å². The van der Waals surface area contributed by atoms with Gasteiger partial charge in [0.15, 0.2) is 5.72 Å². The molecule has 1 heterocycles. The van der Waals surface area contributed by atoms with Crippen LogP contribution in [0.25, 0.3) is 0 Å². The smallest absolute Gasteiger partial charge is 0.333 e. The number of rotatable bonds is 4. The second-order valence-electron chi connectivity index (χ2n) is 4.55. The number of hydrogen-bond acceptors (Lipinski definition) is 4. The first-order chi connectivity index (χ1) is 7.40. The van der Waals surface area contributed by atoms with E-state index >= 15 is 0 Å². The molecule has 4 heteroatoms. The van der Waals surface area contributed by atoms with Gasteiger partial charge in [-0.25, -0.2) is 4.79 Å². The van der Waals surface area contributed by atoms with E-state index in [0.717, 1.165) is 6.54 Å². The highest BCUT2D eigenvalue weighted by Gasteiger charge is 2.45. The standard InChI is InChI=1S/C12H21NO3/c1-8(2)11(14)16-10(5)12(9(3)4)13-6-7-15-12/h9-10,13H,1,6-7H2,2-5H3. The lowest BCUT2D eigenvalue weighted by Crippen LogP contribution is -2.56. The second-order valence-corrected chi connectivity index (χ2v) is 4.55. The van der Waals surface area contributed by atoms with Crippen LogP contribution in [0.4, 0.5) is 0 Å². The van der Waals surface area contributed by atoms with Crippen LogP contribution < -0.4 is 5.32 Å². The zero-order chi connectivity index (χ0) is 12.3. The van der Waals surface area contributed by atoms with E-state index in [-0.39, 0.29) is 18.0 Å². The molecule has 1 fully saturated rings. The molecule has 4 nitrogen and oxygen atoms in total. The molecular formula is C12H21NO3. The number of hydrogen-bond donors (Lipinski definition) is 1. The molecule has 0 amide bonds. The second kappa shape index (κ2) is 4.97. The fraction of sp³-hybridized carbons (Fsp3) is 0.750. The molecule has 16 heavy (non-hydrogen) atoms. The molecule has 0 aromatic carbocycles. The minimum atomic E-state index is -0.564. The number of nitrogens with one attached hydrogen (secondary N) is 1. The lowest BCUT2D eigenvalue weighted by atomic mass is 9.94. The molecule has 2 atom stereocenters. The zero-order valence-electron chi connectivity index (χ0n) is 10.5. The van der Waals surface area contributed by atoms with Crippen molar-refractivity contribution < 1.29 is 14.3 Å². The van der Waals surface area contributed by atoms with Gasteiger partial charge in [0.1, 0.15) is 6.10 Å². The first-order valence-electron chi connectivity index (χ1n) is 5.65. The lowest BCUT2D eigenvalue weighted by Gasteiger charge is -2.37. The summed E-state index contributed by atoms with van der Waals surface area (Å²) in [4.78, 5) is 11.5. The molecule has 1 saturated heterocycles. The Bertz CT molecular complexity index is 280. The van der Waals surface area contributed by atoms with E-state index < -0.39 is 5.72 Å². The topological polar surface area (TPSA) is 47.6 Å². The number of carbonyl (C=O) groups excluding carboxylic acids is 1. The highest BCUT2D eigenvalue weighted by atomic mass is 16.6. The molecule has 0 radical (unpaired) electrons. The van der Waals surface area contributed by atoms with Crippen molar-refractivity contribution >= 4 is 5.97 Å². The number of esters is 1. The van der Waals surface area contributed by atoms with E-state index in [0.29, 0.717) is 12.2 Å². The van der Waals surface area contributed by atoms with Gasteiger partial charge in [0, 0.05) is 12.1 Å². The van der Waals surface area contributed by atoms with Gasteiger partial charge in [0.05, 0.1) is 6.61 Å². The van der Waals surface area contributed by atoms with E-state index in [9.17, 15) is 4.79 Å². The molecule has 0 bridgehead atoms. The average molecular weight is 227 g/mol. The molecule has 0 aliphatic carbocycles. The van der Waals surface area contributed by atoms with Crippen LogP contribution in [0.2, 0.25) is 0 Å². The van der Waals surface area contributed by atoms with E-state index in [1.165, 1.54) is 0 Å². The number of carbonyl (C=O) groups is 1. The first-order valence-corrected chi connectivity index (χ1v) is 5.65. The van der Waals surface area contributed by atoms with Gasteiger partial charge < -0.3 is 9.47 Å². The maximum Gasteiger partial charge on any atom is 0.333 e. The minimum absolute atomic E-state index is 0.225. The monoisotopic (exact) mass is 227 g/mol. The Morgan fingerprint density at radius 2 is 2.12 bits per heavy atom. The predicted octanol–water partition coefficient (Wildman–Crippen LogP) is 1.47. The molecule has 92 valence electrons. The van der Waals surface area contributed by atoms with Gasteiger partial charge >= 0.3 is 5.97 Å². The van der Waals surface area contributed by atoms with Crippen LogP contribution in [0.5, 0.6) is 0 Å². The Morgan fingerprint density at radius 3 is 2.50 bits per heavy atom. The van der Waals surface area contributed by atoms with Gasteiger partial charge in [-0.3, -0.25) is 5.32 Å². The predicted molar refractivity (Wildman–Crippen MR) is 61.9 cm³/mol. The minimum Gasteiger partial charge on any atom is -0.455 e. The fourth-order valence-corrected chi connectivity index (χ4v) is 1.97. The third-order valence-corrected chi connectivity index (χ3v) is 2.94. The Labute approximate surface area is 97.0 Å². The molecular weight excluding hydrogens is 206 g/mol. The van der Waals surface area contributed by atoms with Gasteiger partial charge in [-0.2, -0.15) is 0 Å². The summed E-state index contributed by atoms with van der Waals surface area (Å²) in [6.45, 7) is 12.6. The van der Waals surface area contributed by atoms with Gasteiger partial charge in [-0.1, -0.05) is 20.4 Å². The summed E-state index contributed by atoms with van der Waals surface area (Å²) in [5.41, 5.74) is -0.158. The van der Waals surface area contributed by atoms with Gasteiger partial charge in [-0.05, 0) is 19.8 Å². The summed E-state index contributed by atoms with van der Waals surface area (Å²) in [5.74, 6) is -0.146. The zero-order valence-corrected chi connectivity index (χ0v) is 10.5. The van der Waals surface area contributed by atoms with Crippen molar-refractivity contribution in [1.82, 2.24) is 5.32 Å². The van der Waals surface area contributed by atoms with Crippen molar-refractivity contribution in [2.24, 2.45) is 5.92 Å². The summed E-state index contributed by atoms with van der Waals surface area (Å²) in [6.07, 6.45) is -0.334. The summed E-state index contributed by atoms with van der Waals surface area (Å²) < 4.78 is 11.1. The van der Waals surface area contributed by atoms with Gasteiger partial charge in [0.2, 0.25) is 0 Å². The maximum atomic E-state index is 11.5. The average Bonchev–Trinajstić information content (AvgIpc) is 2.66. The van der Waals surface area contributed by atoms with E-state index in [4.69, 9.17) is 9.47 Å². The molecule has 0 saturated carbocycles. The van der Waals surface area contributed by atoms with Crippen LogP contribution in [0.1, 0.15) is 27.7 Å². The molecule has 2 unspecified atom stereocenters. The Kier molecular flexibility index (Phi) is 4.10. The van der Waals surface area contributed by atoms with Gasteiger partial charge in [0.25, 0.3) is 0 Å². The van der Waals surface area contributed by atoms with Crippen LogP contribution in [0.15, 0.2) is 12.2 Å². The van der Waals surface area contributed by atoms with Crippen molar-refractivity contribution in [2.45, 2.75) is 39.5 Å². The lowest BCUT2D eigenvalue weighted by molar-refractivity contribution is -0.171. The van der Waals surface area contributed by atoms with E-state index in [1.54, 1.807) is 6.92 Å². The summed E-state index contributed by atoms with van der Waals surface area (Å²) in [6, 6.07) is 0. The van der Waals surface area contributed by atoms with Crippen molar-refractivity contribution in [3.8, 4) is 0 Å². The van der Waals surface area contributed by atoms with Crippen LogP contribution >= 0.6 is 0 Å². The Morgan fingerprint density at radius 1 is 1.50 bits per heavy atom. The maximum absolute atomic E-state index is 11.5. The Balaban J connectivity index is 2.72. The van der Waals surface area contributed by atoms with Crippen LogP contribution in [-0.4, -0.2) is 30.9 Å². The summed E-state index contributed by atoms with van der Waals surface area (Å²) >= 11 is 0. The molecule has 0 aromatic rings. The van der Waals surface area contributed by atoms with Crippen molar-refractivity contribution in [1.29, 1.82) is 0 Å². The van der Waals surface area contributed by atoms with Crippen molar-refractivity contribution in [3.05, 3.63) is 12.2 Å². The highest BCUT2D eigenvalue weighted by Crippen LogP contribution is 2.28. The SMILES string of the molecule is C=C(C)C(=O)OC(C)C1(C(C)C)NCCO1. The largest absolute Gasteiger partial charge is 0.455 e. The molecule has 0 aromatic heterocycles. The molecule has 1 aliphatic rings. The van der Waals surface area contributed by atoms with Crippen molar-refractivity contribution in [2.75, 3.05) is 13.2 Å². The van der Waals surface area contributed by atoms with Gasteiger partial charge in [-0.15, -0.1) is 0 Å². The molecule has 1 rings (SSSR count). The fourth-order valence-electron chi connectivity index (χ4n) is 1.97. The third-order valence-electron chi connectivity index (χ3n) is 2.94. The van der Waals surface area contributed by atoms with Crippen LogP contribution in [0, 0.1) is 5.92 Å². The quantitative estimate of drug-likeness (QED) is 0.583. The van der Waals surface area contributed by atoms with Crippen LogP contribution in [0.3, 0.4) is 0 Å². The summed E-state index contributed by atoms with van der Waals surface area (Å²) in [7, 11) is 0. The normalized spacial score (nSPS) is 26.8. The Hall–Kier alpha value is -0.870. The molecule has 1 N–H and O–H groups in total. The third kappa shape index (κ3) is 2.44. The van der Waals surface area contributed by atoms with E-state index in [1.807, 2.05) is 20.8 Å². The summed E-state index contributed by atoms with van der Waals surface area (Å²) in [5, 5.41) is 3.28. The number of ether oxygens (including phenoxy) is 2. The molecule has 1 aliphatic heterocycles.